The van der Waals surface area contributed by atoms with E-state index in [1.165, 1.54) is 11.6 Å². The molecule has 34 heavy (non-hydrogen) atoms. The molecule has 0 bridgehead atoms. The van der Waals surface area contributed by atoms with Crippen molar-refractivity contribution in [1.82, 2.24) is 14.5 Å². The quantitative estimate of drug-likeness (QED) is 0.437. The molecule has 0 unspecified atom stereocenters. The van der Waals surface area contributed by atoms with Crippen LogP contribution >= 0.6 is 11.8 Å². The lowest BCUT2D eigenvalue weighted by molar-refractivity contribution is -0.150. The van der Waals surface area contributed by atoms with Crippen LogP contribution in [0.1, 0.15) is 18.4 Å². The molecule has 2 amide bonds. The zero-order valence-electron chi connectivity index (χ0n) is 19.2. The van der Waals surface area contributed by atoms with Gasteiger partial charge >= 0.3 is 5.97 Å². The minimum absolute atomic E-state index is 0.0101. The number of amides is 2. The molecular weight excluding hydrogens is 462 g/mol. The van der Waals surface area contributed by atoms with Crippen LogP contribution in [0.5, 0.6) is 0 Å². The van der Waals surface area contributed by atoms with E-state index in [1.54, 1.807) is 55.9 Å². The number of aromatic nitrogens is 3. The van der Waals surface area contributed by atoms with E-state index < -0.39 is 23.5 Å². The predicted molar refractivity (Wildman–Crippen MR) is 127 cm³/mol. The molecule has 0 radical (unpaired) electrons. The van der Waals surface area contributed by atoms with E-state index in [4.69, 9.17) is 9.26 Å². The van der Waals surface area contributed by atoms with Crippen molar-refractivity contribution in [3.63, 3.8) is 0 Å². The largest absolute Gasteiger partial charge is 0.452 e. The Morgan fingerprint density at radius 3 is 2.50 bits per heavy atom. The minimum atomic E-state index is -1.13. The molecule has 0 fully saturated rings. The summed E-state index contributed by atoms with van der Waals surface area (Å²) in [5.41, 5.74) is 0.901. The van der Waals surface area contributed by atoms with Gasteiger partial charge in [0.15, 0.2) is 11.9 Å². The molecule has 0 aliphatic heterocycles. The van der Waals surface area contributed by atoms with E-state index in [0.29, 0.717) is 23.0 Å². The van der Waals surface area contributed by atoms with Gasteiger partial charge in [-0.25, -0.2) is 4.68 Å². The van der Waals surface area contributed by atoms with E-state index in [9.17, 15) is 19.2 Å². The molecule has 12 heteroatoms. The smallest absolute Gasteiger partial charge is 0.316 e. The van der Waals surface area contributed by atoms with Crippen molar-refractivity contribution in [2.45, 2.75) is 26.9 Å². The Balaban J connectivity index is 1.51. The van der Waals surface area contributed by atoms with Crippen molar-refractivity contribution >= 4 is 41.1 Å². The lowest BCUT2D eigenvalue weighted by atomic mass is 10.3. The Hall–Kier alpha value is -3.80. The summed E-state index contributed by atoms with van der Waals surface area (Å²) in [5.74, 6) is -0.946. The predicted octanol–water partition coefficient (Wildman–Crippen LogP) is 2.02. The first kappa shape index (κ1) is 24.8. The molecule has 0 saturated carbocycles. The molecule has 2 N–H and O–H groups in total. The van der Waals surface area contributed by atoms with Crippen LogP contribution in [0.4, 0.5) is 11.5 Å². The number of aryl methyl sites for hydroxylation is 1. The molecule has 2 aromatic heterocycles. The van der Waals surface area contributed by atoms with Gasteiger partial charge in [-0.15, -0.1) is 11.8 Å². The Morgan fingerprint density at radius 2 is 1.85 bits per heavy atom. The highest BCUT2D eigenvalue weighted by Gasteiger charge is 2.23. The summed E-state index contributed by atoms with van der Waals surface area (Å²) < 4.78 is 13.1. The molecule has 0 aliphatic rings. The third-order valence-corrected chi connectivity index (χ3v) is 5.73. The number of para-hydroxylation sites is 1. The van der Waals surface area contributed by atoms with Crippen LogP contribution in [0, 0.1) is 13.8 Å². The number of esters is 1. The van der Waals surface area contributed by atoms with Crippen LogP contribution in [0.2, 0.25) is 0 Å². The maximum Gasteiger partial charge on any atom is 0.316 e. The summed E-state index contributed by atoms with van der Waals surface area (Å²) in [7, 11) is 1.71. The average molecular weight is 488 g/mol. The second-order valence-electron chi connectivity index (χ2n) is 7.42. The Kier molecular flexibility index (Phi) is 7.95. The highest BCUT2D eigenvalue weighted by Crippen LogP contribution is 2.15. The molecule has 0 spiro atoms. The van der Waals surface area contributed by atoms with Gasteiger partial charge in [-0.2, -0.15) is 0 Å². The highest BCUT2D eigenvalue weighted by molar-refractivity contribution is 8.00. The SMILES string of the molecule is Cc1cc(NC(=O)CSCC(=O)O[C@H](C)C(=O)Nc2c(C)n(C)n(-c3ccccc3)c2=O)no1. The molecular formula is C22H25N5O6S. The number of anilines is 2. The van der Waals surface area contributed by atoms with Crippen LogP contribution in [-0.4, -0.2) is 49.9 Å². The number of nitrogens with one attached hydrogen (secondary N) is 2. The number of carbonyl (C=O) groups excluding carboxylic acids is 3. The standard InChI is InChI=1S/C22H25N5O6S/c1-13-10-17(25-33-13)23-18(28)11-34-12-19(29)32-15(3)21(30)24-20-14(2)26(4)27(22(20)31)16-8-6-5-7-9-16/h5-10,15H,11-12H2,1-4H3,(H,24,30)(H,23,25,28)/t15-/m1/s1. The number of benzene rings is 1. The number of ether oxygens (including phenoxy) is 1. The second kappa shape index (κ2) is 10.9. The number of hydrogen-bond acceptors (Lipinski definition) is 8. The number of nitrogens with zero attached hydrogens (tertiary/aromatic N) is 3. The van der Waals surface area contributed by atoms with E-state index in [2.05, 4.69) is 15.8 Å². The summed E-state index contributed by atoms with van der Waals surface area (Å²) in [4.78, 5) is 49.4. The van der Waals surface area contributed by atoms with Gasteiger partial charge in [0.05, 0.1) is 22.9 Å². The van der Waals surface area contributed by atoms with Gasteiger partial charge in [0.25, 0.3) is 11.5 Å². The van der Waals surface area contributed by atoms with Crippen molar-refractivity contribution in [2.24, 2.45) is 7.05 Å². The first-order valence-electron chi connectivity index (χ1n) is 10.3. The first-order chi connectivity index (χ1) is 16.2. The Bertz CT molecular complexity index is 1250. The minimum Gasteiger partial charge on any atom is -0.452 e. The molecule has 1 atom stereocenters. The summed E-state index contributed by atoms with van der Waals surface area (Å²) in [5, 5.41) is 8.75. The van der Waals surface area contributed by atoms with Gasteiger partial charge in [-0.3, -0.25) is 23.9 Å². The lowest BCUT2D eigenvalue weighted by Crippen LogP contribution is -2.32. The molecule has 1 aromatic carbocycles. The molecule has 180 valence electrons. The van der Waals surface area contributed by atoms with Crippen molar-refractivity contribution in [3.05, 3.63) is 58.2 Å². The summed E-state index contributed by atoms with van der Waals surface area (Å²) in [6, 6.07) is 10.6. The van der Waals surface area contributed by atoms with Gasteiger partial charge in [0.2, 0.25) is 5.91 Å². The maximum absolute atomic E-state index is 12.9. The fourth-order valence-electron chi connectivity index (χ4n) is 3.05. The van der Waals surface area contributed by atoms with Crippen LogP contribution in [0.25, 0.3) is 5.69 Å². The lowest BCUT2D eigenvalue weighted by Gasteiger charge is -2.12. The zero-order valence-corrected chi connectivity index (χ0v) is 20.0. The summed E-state index contributed by atoms with van der Waals surface area (Å²) in [6.45, 7) is 4.81. The van der Waals surface area contributed by atoms with E-state index in [-0.39, 0.29) is 23.1 Å². The fourth-order valence-corrected chi connectivity index (χ4v) is 3.65. The maximum atomic E-state index is 12.9. The first-order valence-corrected chi connectivity index (χ1v) is 11.5. The molecule has 11 nitrogen and oxygen atoms in total. The second-order valence-corrected chi connectivity index (χ2v) is 8.41. The molecule has 2 heterocycles. The van der Waals surface area contributed by atoms with Crippen LogP contribution in [-0.2, 0) is 26.2 Å². The van der Waals surface area contributed by atoms with Crippen molar-refractivity contribution < 1.29 is 23.6 Å². The van der Waals surface area contributed by atoms with Gasteiger partial charge < -0.3 is 19.9 Å². The van der Waals surface area contributed by atoms with Crippen molar-refractivity contribution in [1.29, 1.82) is 0 Å². The van der Waals surface area contributed by atoms with E-state index in [1.807, 2.05) is 6.07 Å². The van der Waals surface area contributed by atoms with Gasteiger partial charge in [0, 0.05) is 13.1 Å². The van der Waals surface area contributed by atoms with Gasteiger partial charge in [0.1, 0.15) is 11.4 Å². The van der Waals surface area contributed by atoms with Crippen LogP contribution < -0.4 is 16.2 Å². The third-order valence-electron chi connectivity index (χ3n) is 4.83. The molecule has 3 rings (SSSR count). The number of rotatable bonds is 9. The molecule has 0 aliphatic carbocycles. The highest BCUT2D eigenvalue weighted by atomic mass is 32.2. The summed E-state index contributed by atoms with van der Waals surface area (Å²) >= 11 is 1.03. The Morgan fingerprint density at radius 1 is 1.15 bits per heavy atom. The van der Waals surface area contributed by atoms with E-state index in [0.717, 1.165) is 11.8 Å². The van der Waals surface area contributed by atoms with Crippen molar-refractivity contribution in [2.75, 3.05) is 22.1 Å². The number of thioether (sulfide) groups is 1. The van der Waals surface area contributed by atoms with Gasteiger partial charge in [-0.1, -0.05) is 23.4 Å². The normalized spacial score (nSPS) is 11.6. The average Bonchev–Trinajstić information content (AvgIpc) is 3.29. The third kappa shape index (κ3) is 5.95. The van der Waals surface area contributed by atoms with Crippen LogP contribution in [0.15, 0.2) is 45.7 Å². The zero-order chi connectivity index (χ0) is 24.8. The van der Waals surface area contributed by atoms with Crippen molar-refractivity contribution in [3.8, 4) is 5.69 Å². The number of carbonyl (C=O) groups is 3. The van der Waals surface area contributed by atoms with Crippen LogP contribution in [0.3, 0.4) is 0 Å². The Labute approximate surface area is 199 Å². The van der Waals surface area contributed by atoms with Gasteiger partial charge in [-0.05, 0) is 32.9 Å². The molecule has 0 saturated heterocycles. The fraction of sp³-hybridized carbons (Fsp3) is 0.318. The van der Waals surface area contributed by atoms with E-state index >= 15 is 0 Å². The number of hydrogen-bond donors (Lipinski definition) is 2. The molecule has 3 aromatic rings. The monoisotopic (exact) mass is 487 g/mol. The topological polar surface area (TPSA) is 137 Å². The summed E-state index contributed by atoms with van der Waals surface area (Å²) in [6.07, 6.45) is -1.13.